The van der Waals surface area contributed by atoms with Crippen molar-refractivity contribution in [1.29, 1.82) is 0 Å². The lowest BCUT2D eigenvalue weighted by atomic mass is 9.91. The van der Waals surface area contributed by atoms with Gasteiger partial charge in [0.15, 0.2) is 17.3 Å². The number of rotatable bonds is 8. The number of nitrogens with zero attached hydrogens (tertiary/aromatic N) is 1. The van der Waals surface area contributed by atoms with Gasteiger partial charge < -0.3 is 29.7 Å². The molecule has 4 N–H and O–H groups in total. The fraction of sp³-hybridized carbons (Fsp3) is 0.240. The number of hydrogen-bond donors (Lipinski definition) is 4. The predicted molar refractivity (Wildman–Crippen MR) is 125 cm³/mol. The van der Waals surface area contributed by atoms with Crippen LogP contribution in [0.5, 0.6) is 17.2 Å². The standard InChI is InChI=1S/C25H25N3O6/c1-14-11-20(30)24(32)25(34-14)16(15-7-8-19(29)21(12-15)33-2)13-23(31)26-10-9-22-27-17-5-3-4-6-18(17)28-22/h3-8,11-12,16,29,32H,9-10,13H2,1-2H3,(H,26,31)(H,27,28). The molecule has 176 valence electrons. The average Bonchev–Trinajstić information content (AvgIpc) is 3.23. The molecule has 0 spiro atoms. The Hall–Kier alpha value is -4.27. The van der Waals surface area contributed by atoms with Crippen molar-refractivity contribution in [1.82, 2.24) is 15.3 Å². The molecule has 2 aromatic carbocycles. The molecule has 1 unspecified atom stereocenters. The summed E-state index contributed by atoms with van der Waals surface area (Å²) >= 11 is 0. The zero-order valence-corrected chi connectivity index (χ0v) is 18.8. The zero-order chi connectivity index (χ0) is 24.2. The van der Waals surface area contributed by atoms with E-state index >= 15 is 0 Å². The van der Waals surface area contributed by atoms with Gasteiger partial charge in [-0.2, -0.15) is 0 Å². The van der Waals surface area contributed by atoms with Gasteiger partial charge in [-0.05, 0) is 36.8 Å². The molecule has 1 atom stereocenters. The van der Waals surface area contributed by atoms with E-state index in [1.165, 1.54) is 19.2 Å². The van der Waals surface area contributed by atoms with E-state index in [9.17, 15) is 19.8 Å². The number of ether oxygens (including phenoxy) is 1. The van der Waals surface area contributed by atoms with E-state index in [-0.39, 0.29) is 29.6 Å². The van der Waals surface area contributed by atoms with E-state index in [0.29, 0.717) is 24.3 Å². The van der Waals surface area contributed by atoms with Gasteiger partial charge in [-0.1, -0.05) is 18.2 Å². The minimum atomic E-state index is -0.784. The van der Waals surface area contributed by atoms with Crippen LogP contribution in [0.3, 0.4) is 0 Å². The molecule has 0 saturated carbocycles. The number of nitrogens with one attached hydrogen (secondary N) is 2. The molecule has 9 nitrogen and oxygen atoms in total. The molecule has 0 aliphatic rings. The number of fused-ring (bicyclic) bond motifs is 1. The number of hydrogen-bond acceptors (Lipinski definition) is 7. The molecule has 34 heavy (non-hydrogen) atoms. The molecule has 0 aliphatic carbocycles. The molecule has 2 heterocycles. The monoisotopic (exact) mass is 463 g/mol. The number of aromatic hydroxyl groups is 2. The highest BCUT2D eigenvalue weighted by molar-refractivity contribution is 5.78. The number of aromatic amines is 1. The molecular formula is C25H25N3O6. The second kappa shape index (κ2) is 9.70. The molecule has 9 heteroatoms. The summed E-state index contributed by atoms with van der Waals surface area (Å²) in [7, 11) is 1.41. The van der Waals surface area contributed by atoms with Crippen LogP contribution in [0.4, 0.5) is 0 Å². The maximum atomic E-state index is 12.8. The minimum Gasteiger partial charge on any atom is -0.504 e. The third-order valence-electron chi connectivity index (χ3n) is 5.51. The van der Waals surface area contributed by atoms with Crippen LogP contribution in [-0.4, -0.2) is 39.7 Å². The van der Waals surface area contributed by atoms with Crippen LogP contribution in [-0.2, 0) is 11.2 Å². The number of phenolic OH excluding ortho intramolecular Hbond substituents is 1. The van der Waals surface area contributed by atoms with Gasteiger partial charge >= 0.3 is 0 Å². The van der Waals surface area contributed by atoms with E-state index in [1.54, 1.807) is 19.1 Å². The van der Waals surface area contributed by atoms with Crippen LogP contribution < -0.4 is 15.5 Å². The van der Waals surface area contributed by atoms with Gasteiger partial charge in [0.1, 0.15) is 11.6 Å². The van der Waals surface area contributed by atoms with Crippen molar-refractivity contribution >= 4 is 16.9 Å². The Morgan fingerprint density at radius 1 is 1.21 bits per heavy atom. The number of para-hydroxylation sites is 2. The van der Waals surface area contributed by atoms with Gasteiger partial charge in [0, 0.05) is 25.5 Å². The normalized spacial score (nSPS) is 11.9. The lowest BCUT2D eigenvalue weighted by Crippen LogP contribution is -2.28. The molecule has 4 aromatic rings. The number of aryl methyl sites for hydroxylation is 1. The van der Waals surface area contributed by atoms with Crippen molar-refractivity contribution in [2.24, 2.45) is 0 Å². The van der Waals surface area contributed by atoms with Crippen LogP contribution in [0.2, 0.25) is 0 Å². The summed E-state index contributed by atoms with van der Waals surface area (Å²) in [4.78, 5) is 32.7. The Balaban J connectivity index is 1.54. The van der Waals surface area contributed by atoms with Crippen molar-refractivity contribution in [3.63, 3.8) is 0 Å². The van der Waals surface area contributed by atoms with Crippen LogP contribution in [0, 0.1) is 6.92 Å². The van der Waals surface area contributed by atoms with E-state index in [2.05, 4.69) is 15.3 Å². The smallest absolute Gasteiger partial charge is 0.227 e. The number of carbonyl (C=O) groups is 1. The highest BCUT2D eigenvalue weighted by atomic mass is 16.5. The van der Waals surface area contributed by atoms with Gasteiger partial charge in [-0.3, -0.25) is 9.59 Å². The lowest BCUT2D eigenvalue weighted by molar-refractivity contribution is -0.121. The second-order valence-corrected chi connectivity index (χ2v) is 7.92. The fourth-order valence-electron chi connectivity index (χ4n) is 3.84. The summed E-state index contributed by atoms with van der Waals surface area (Å²) in [6.45, 7) is 1.93. The van der Waals surface area contributed by atoms with Crippen molar-refractivity contribution in [2.75, 3.05) is 13.7 Å². The van der Waals surface area contributed by atoms with Crippen molar-refractivity contribution in [3.05, 3.63) is 81.7 Å². The molecule has 4 rings (SSSR count). The summed E-state index contributed by atoms with van der Waals surface area (Å²) in [6.07, 6.45) is 0.400. The van der Waals surface area contributed by atoms with E-state index in [0.717, 1.165) is 16.9 Å². The first kappa shape index (κ1) is 22.9. The number of benzene rings is 2. The first-order valence-corrected chi connectivity index (χ1v) is 10.8. The topological polar surface area (TPSA) is 138 Å². The Labute approximate surface area is 195 Å². The number of amides is 1. The quantitative estimate of drug-likeness (QED) is 0.315. The van der Waals surface area contributed by atoms with Crippen LogP contribution in [0.15, 0.2) is 57.7 Å². The summed E-state index contributed by atoms with van der Waals surface area (Å²) in [6, 6.07) is 13.4. The SMILES string of the molecule is COc1cc(C(CC(=O)NCCc2nc3ccccc3[nH]2)c2oc(C)cc(=O)c2O)ccc1O. The number of imidazole rings is 1. The molecule has 0 radical (unpaired) electrons. The Morgan fingerprint density at radius 3 is 2.76 bits per heavy atom. The third-order valence-corrected chi connectivity index (χ3v) is 5.51. The Morgan fingerprint density at radius 2 is 2.00 bits per heavy atom. The van der Waals surface area contributed by atoms with Crippen LogP contribution >= 0.6 is 0 Å². The maximum absolute atomic E-state index is 12.8. The Kier molecular flexibility index (Phi) is 6.53. The summed E-state index contributed by atoms with van der Waals surface area (Å²) in [5.41, 5.74) is 1.72. The highest BCUT2D eigenvalue weighted by Gasteiger charge is 2.26. The van der Waals surface area contributed by atoms with Gasteiger partial charge in [0.2, 0.25) is 17.1 Å². The van der Waals surface area contributed by atoms with E-state index in [4.69, 9.17) is 9.15 Å². The highest BCUT2D eigenvalue weighted by Crippen LogP contribution is 2.37. The predicted octanol–water partition coefficient (Wildman–Crippen LogP) is 3.13. The second-order valence-electron chi connectivity index (χ2n) is 7.92. The number of methoxy groups -OCH3 is 1. The van der Waals surface area contributed by atoms with Crippen molar-refractivity contribution in [2.45, 2.75) is 25.7 Å². The van der Waals surface area contributed by atoms with E-state index in [1.807, 2.05) is 24.3 Å². The van der Waals surface area contributed by atoms with Crippen molar-refractivity contribution in [3.8, 4) is 17.2 Å². The van der Waals surface area contributed by atoms with Crippen molar-refractivity contribution < 1.29 is 24.2 Å². The van der Waals surface area contributed by atoms with E-state index < -0.39 is 17.1 Å². The third kappa shape index (κ3) is 4.88. The molecule has 0 saturated heterocycles. The molecule has 1 amide bonds. The molecule has 0 bridgehead atoms. The molecule has 2 aromatic heterocycles. The number of aromatic nitrogens is 2. The van der Waals surface area contributed by atoms with Gasteiger partial charge in [0.05, 0.1) is 24.1 Å². The lowest BCUT2D eigenvalue weighted by Gasteiger charge is -2.19. The summed E-state index contributed by atoms with van der Waals surface area (Å²) < 4.78 is 10.8. The van der Waals surface area contributed by atoms with Gasteiger partial charge in [-0.15, -0.1) is 0 Å². The van der Waals surface area contributed by atoms with Gasteiger partial charge in [-0.25, -0.2) is 4.98 Å². The maximum Gasteiger partial charge on any atom is 0.227 e. The van der Waals surface area contributed by atoms with Crippen LogP contribution in [0.25, 0.3) is 11.0 Å². The number of H-pyrrole nitrogens is 1. The first-order chi connectivity index (χ1) is 16.4. The number of carbonyl (C=O) groups excluding carboxylic acids is 1. The molecular weight excluding hydrogens is 438 g/mol. The largest absolute Gasteiger partial charge is 0.504 e. The summed E-state index contributed by atoms with van der Waals surface area (Å²) in [5, 5.41) is 23.2. The average molecular weight is 463 g/mol. The van der Waals surface area contributed by atoms with Crippen LogP contribution in [0.1, 0.15) is 35.2 Å². The number of phenols is 1. The Bertz CT molecular complexity index is 1360. The summed E-state index contributed by atoms with van der Waals surface area (Å²) in [5.74, 6) is -0.493. The first-order valence-electron chi connectivity index (χ1n) is 10.8. The molecule has 0 fully saturated rings. The molecule has 0 aliphatic heterocycles. The minimum absolute atomic E-state index is 0.0230. The zero-order valence-electron chi connectivity index (χ0n) is 18.8. The fourth-order valence-corrected chi connectivity index (χ4v) is 3.84. The van der Waals surface area contributed by atoms with Gasteiger partial charge in [0.25, 0.3) is 0 Å².